The summed E-state index contributed by atoms with van der Waals surface area (Å²) in [7, 11) is 0. The van der Waals surface area contributed by atoms with Crippen molar-refractivity contribution in [2.45, 2.75) is 19.4 Å². The van der Waals surface area contributed by atoms with Gasteiger partial charge in [-0.1, -0.05) is 0 Å². The number of rotatable bonds is 2. The van der Waals surface area contributed by atoms with E-state index in [2.05, 4.69) is 10.6 Å². The fraction of sp³-hybridized carbons (Fsp3) is 0.714. The summed E-state index contributed by atoms with van der Waals surface area (Å²) in [6.45, 7) is 3.19. The maximum atomic E-state index is 10.9. The highest BCUT2D eigenvalue weighted by Gasteiger charge is 2.26. The Bertz CT molecular complexity index is 196. The third-order valence-electron chi connectivity index (χ3n) is 1.58. The maximum absolute atomic E-state index is 10.9. The Labute approximate surface area is 76.7 Å². The molecule has 1 fully saturated rings. The lowest BCUT2D eigenvalue weighted by Crippen LogP contribution is -2.43. The first-order chi connectivity index (χ1) is 5.74. The summed E-state index contributed by atoms with van der Waals surface area (Å²) in [5.74, 6) is -0.213. The van der Waals surface area contributed by atoms with Gasteiger partial charge in [-0.05, 0) is 19.1 Å². The van der Waals surface area contributed by atoms with Crippen LogP contribution in [0.4, 0.5) is 0 Å². The summed E-state index contributed by atoms with van der Waals surface area (Å²) in [5, 5.41) is 6.30. The summed E-state index contributed by atoms with van der Waals surface area (Å²) in [4.78, 5) is 10.9. The molecule has 68 valence electrons. The Morgan fingerprint density at radius 3 is 3.08 bits per heavy atom. The van der Waals surface area contributed by atoms with E-state index in [1.165, 1.54) is 0 Å². The number of carbonyl (C=O) groups excluding carboxylic acids is 1. The zero-order valence-corrected chi connectivity index (χ0v) is 7.74. The quantitative estimate of drug-likeness (QED) is 0.464. The minimum Gasteiger partial charge on any atom is -0.464 e. The normalized spacial score (nSPS) is 21.8. The summed E-state index contributed by atoms with van der Waals surface area (Å²) < 4.78 is 4.76. The van der Waals surface area contributed by atoms with Crippen LogP contribution < -0.4 is 10.6 Å². The molecule has 0 spiro atoms. The second-order valence-electron chi connectivity index (χ2n) is 2.51. The Morgan fingerprint density at radius 1 is 1.83 bits per heavy atom. The smallest absolute Gasteiger partial charge is 0.328 e. The molecule has 0 aliphatic carbocycles. The topological polar surface area (TPSA) is 50.4 Å². The van der Waals surface area contributed by atoms with Crippen LogP contribution in [0, 0.1) is 0 Å². The lowest BCUT2D eigenvalue weighted by atomic mass is 10.2. The molecule has 1 atom stereocenters. The molecule has 1 heterocycles. The van der Waals surface area contributed by atoms with Crippen LogP contribution in [0.1, 0.15) is 13.3 Å². The molecule has 1 saturated heterocycles. The van der Waals surface area contributed by atoms with Gasteiger partial charge >= 0.3 is 5.97 Å². The predicted octanol–water partition coefficient (Wildman–Crippen LogP) is -0.214. The summed E-state index contributed by atoms with van der Waals surface area (Å²) in [5.41, 5.74) is 0. The van der Waals surface area contributed by atoms with Crippen LogP contribution in [-0.4, -0.2) is 30.3 Å². The van der Waals surface area contributed by atoms with Gasteiger partial charge in [-0.25, -0.2) is 4.79 Å². The number of cyclic esters (lactones) is 1. The van der Waals surface area contributed by atoms with Crippen molar-refractivity contribution in [2.24, 2.45) is 0 Å². The maximum Gasteiger partial charge on any atom is 0.328 e. The van der Waals surface area contributed by atoms with Gasteiger partial charge in [0.2, 0.25) is 0 Å². The van der Waals surface area contributed by atoms with Gasteiger partial charge in [0.05, 0.1) is 6.61 Å². The number of hydrogen-bond donors (Lipinski definition) is 2. The van der Waals surface area contributed by atoms with Gasteiger partial charge in [-0.15, -0.1) is 0 Å². The molecule has 4 nitrogen and oxygen atoms in total. The number of nitrogens with one attached hydrogen (secondary N) is 2. The highest BCUT2D eigenvalue weighted by atomic mass is 32.1. The molecule has 0 amide bonds. The molecular formula is C7H12N2O2S. The Balaban J connectivity index is 2.30. The van der Waals surface area contributed by atoms with E-state index in [1.807, 2.05) is 6.92 Å². The molecule has 0 unspecified atom stereocenters. The Hall–Kier alpha value is -0.840. The van der Waals surface area contributed by atoms with Crippen molar-refractivity contribution in [3.63, 3.8) is 0 Å². The highest BCUT2D eigenvalue weighted by Crippen LogP contribution is 2.04. The van der Waals surface area contributed by atoms with E-state index < -0.39 is 0 Å². The first-order valence-electron chi connectivity index (χ1n) is 3.95. The summed E-state index contributed by atoms with van der Waals surface area (Å²) in [6, 6.07) is -0.253. The van der Waals surface area contributed by atoms with Gasteiger partial charge in [0, 0.05) is 13.0 Å². The zero-order valence-electron chi connectivity index (χ0n) is 6.92. The lowest BCUT2D eigenvalue weighted by molar-refractivity contribution is -0.139. The molecule has 0 bridgehead atoms. The van der Waals surface area contributed by atoms with Crippen molar-refractivity contribution in [3.8, 4) is 0 Å². The summed E-state index contributed by atoms with van der Waals surface area (Å²) >= 11 is 4.91. The van der Waals surface area contributed by atoms with Crippen molar-refractivity contribution in [3.05, 3.63) is 0 Å². The van der Waals surface area contributed by atoms with Gasteiger partial charge in [-0.2, -0.15) is 0 Å². The van der Waals surface area contributed by atoms with Crippen LogP contribution in [0.2, 0.25) is 0 Å². The molecule has 0 saturated carbocycles. The first-order valence-corrected chi connectivity index (χ1v) is 4.36. The number of esters is 1. The molecule has 0 aromatic rings. The van der Waals surface area contributed by atoms with Crippen LogP contribution in [0.3, 0.4) is 0 Å². The van der Waals surface area contributed by atoms with Gasteiger partial charge < -0.3 is 15.4 Å². The third kappa shape index (κ3) is 2.34. The number of ether oxygens (including phenoxy) is 1. The average molecular weight is 188 g/mol. The minimum atomic E-state index is -0.253. The van der Waals surface area contributed by atoms with Gasteiger partial charge in [-0.3, -0.25) is 0 Å². The Kier molecular flexibility index (Phi) is 3.28. The van der Waals surface area contributed by atoms with E-state index in [1.54, 1.807) is 0 Å². The van der Waals surface area contributed by atoms with E-state index in [0.717, 1.165) is 6.54 Å². The lowest BCUT2D eigenvalue weighted by Gasteiger charge is -2.11. The summed E-state index contributed by atoms with van der Waals surface area (Å²) in [6.07, 6.45) is 0.699. The highest BCUT2D eigenvalue weighted by molar-refractivity contribution is 7.80. The average Bonchev–Trinajstić information content (AvgIpc) is 2.37. The Morgan fingerprint density at radius 2 is 2.58 bits per heavy atom. The van der Waals surface area contributed by atoms with Gasteiger partial charge in [0.15, 0.2) is 5.11 Å². The molecular weight excluding hydrogens is 176 g/mol. The molecule has 1 aliphatic heterocycles. The van der Waals surface area contributed by atoms with Gasteiger partial charge in [0.25, 0.3) is 0 Å². The second kappa shape index (κ2) is 4.25. The van der Waals surface area contributed by atoms with Gasteiger partial charge in [0.1, 0.15) is 6.04 Å². The number of thiocarbonyl (C=S) groups is 1. The zero-order chi connectivity index (χ0) is 8.97. The van der Waals surface area contributed by atoms with Crippen molar-refractivity contribution >= 4 is 23.3 Å². The molecule has 0 aromatic heterocycles. The van der Waals surface area contributed by atoms with Crippen molar-refractivity contribution in [1.82, 2.24) is 10.6 Å². The van der Waals surface area contributed by atoms with Crippen LogP contribution in [-0.2, 0) is 9.53 Å². The minimum absolute atomic E-state index is 0.213. The monoisotopic (exact) mass is 188 g/mol. The van der Waals surface area contributed by atoms with E-state index in [0.29, 0.717) is 18.1 Å². The molecule has 2 N–H and O–H groups in total. The SMILES string of the molecule is CCNC(=S)N[C@H]1CCOC1=O. The first kappa shape index (κ1) is 9.25. The number of hydrogen-bond acceptors (Lipinski definition) is 3. The predicted molar refractivity (Wildman–Crippen MR) is 48.8 cm³/mol. The molecule has 5 heteroatoms. The van der Waals surface area contributed by atoms with E-state index in [9.17, 15) is 4.79 Å². The fourth-order valence-electron chi connectivity index (χ4n) is 0.997. The molecule has 0 radical (unpaired) electrons. The standard InChI is InChI=1S/C7H12N2O2S/c1-2-8-7(12)9-5-3-4-11-6(5)10/h5H,2-4H2,1H3,(H2,8,9,12)/t5-/m0/s1. The number of carbonyl (C=O) groups is 1. The van der Waals surface area contributed by atoms with Crippen LogP contribution >= 0.6 is 12.2 Å². The molecule has 0 aromatic carbocycles. The van der Waals surface area contributed by atoms with E-state index in [-0.39, 0.29) is 12.0 Å². The largest absolute Gasteiger partial charge is 0.464 e. The van der Waals surface area contributed by atoms with Crippen LogP contribution in [0.5, 0.6) is 0 Å². The molecule has 1 rings (SSSR count). The van der Waals surface area contributed by atoms with Crippen LogP contribution in [0.15, 0.2) is 0 Å². The van der Waals surface area contributed by atoms with Crippen molar-refractivity contribution < 1.29 is 9.53 Å². The van der Waals surface area contributed by atoms with Crippen molar-refractivity contribution in [2.75, 3.05) is 13.2 Å². The third-order valence-corrected chi connectivity index (χ3v) is 1.84. The van der Waals surface area contributed by atoms with E-state index in [4.69, 9.17) is 17.0 Å². The fourth-order valence-corrected chi connectivity index (χ4v) is 1.28. The van der Waals surface area contributed by atoms with Crippen molar-refractivity contribution in [1.29, 1.82) is 0 Å². The van der Waals surface area contributed by atoms with E-state index >= 15 is 0 Å². The second-order valence-corrected chi connectivity index (χ2v) is 2.92. The van der Waals surface area contributed by atoms with Crippen LogP contribution in [0.25, 0.3) is 0 Å². The molecule has 1 aliphatic rings. The molecule has 12 heavy (non-hydrogen) atoms.